The van der Waals surface area contributed by atoms with Gasteiger partial charge < -0.3 is 19.9 Å². The van der Waals surface area contributed by atoms with Gasteiger partial charge in [0, 0.05) is 24.1 Å². The Bertz CT molecular complexity index is 819. The Morgan fingerprint density at radius 3 is 2.52 bits per heavy atom. The standard InChI is InChI=1S/C19H21N3O5/c1-26-15-8-6-13(7-9-15)19(25)20-11-10-17(23)22-21-12-14-4-3-5-16(27-2)18(14)24/h3-9,12,24H,10-11H2,1-2H3,(H,20,25)(H,22,23). The molecule has 3 N–H and O–H groups in total. The van der Waals surface area contributed by atoms with E-state index in [0.717, 1.165) is 0 Å². The lowest BCUT2D eigenvalue weighted by atomic mass is 10.2. The van der Waals surface area contributed by atoms with Gasteiger partial charge >= 0.3 is 0 Å². The van der Waals surface area contributed by atoms with Gasteiger partial charge in [0.2, 0.25) is 5.91 Å². The summed E-state index contributed by atoms with van der Waals surface area (Å²) in [6.07, 6.45) is 1.37. The Hall–Kier alpha value is -3.55. The number of nitrogens with one attached hydrogen (secondary N) is 2. The molecule has 2 amide bonds. The lowest BCUT2D eigenvalue weighted by Gasteiger charge is -2.06. The van der Waals surface area contributed by atoms with Crippen LogP contribution in [0.2, 0.25) is 0 Å². The number of carbonyl (C=O) groups excluding carboxylic acids is 2. The molecule has 0 atom stereocenters. The van der Waals surface area contributed by atoms with E-state index in [1.165, 1.54) is 13.3 Å². The summed E-state index contributed by atoms with van der Waals surface area (Å²) in [7, 11) is 2.99. The van der Waals surface area contributed by atoms with E-state index in [4.69, 9.17) is 9.47 Å². The molecule has 0 saturated heterocycles. The van der Waals surface area contributed by atoms with E-state index < -0.39 is 0 Å². The molecule has 8 nitrogen and oxygen atoms in total. The summed E-state index contributed by atoms with van der Waals surface area (Å²) < 4.78 is 10.0. The van der Waals surface area contributed by atoms with Crippen molar-refractivity contribution in [3.63, 3.8) is 0 Å². The first kappa shape index (κ1) is 19.8. The molecule has 0 saturated carbocycles. The van der Waals surface area contributed by atoms with Crippen LogP contribution in [-0.4, -0.2) is 43.9 Å². The minimum absolute atomic E-state index is 0.0589. The molecule has 0 aromatic heterocycles. The predicted molar refractivity (Wildman–Crippen MR) is 100 cm³/mol. The minimum Gasteiger partial charge on any atom is -0.504 e. The van der Waals surface area contributed by atoms with Crippen molar-refractivity contribution in [1.82, 2.24) is 10.7 Å². The molecule has 142 valence electrons. The Kier molecular flexibility index (Phi) is 7.18. The van der Waals surface area contributed by atoms with Crippen molar-refractivity contribution in [1.29, 1.82) is 0 Å². The summed E-state index contributed by atoms with van der Waals surface area (Å²) >= 11 is 0. The monoisotopic (exact) mass is 371 g/mol. The Morgan fingerprint density at radius 1 is 1.11 bits per heavy atom. The lowest BCUT2D eigenvalue weighted by Crippen LogP contribution is -2.29. The molecule has 2 aromatic rings. The maximum absolute atomic E-state index is 12.0. The second-order valence-electron chi connectivity index (χ2n) is 5.43. The minimum atomic E-state index is -0.372. The van der Waals surface area contributed by atoms with Crippen LogP contribution in [0, 0.1) is 0 Å². The highest BCUT2D eigenvalue weighted by Crippen LogP contribution is 2.27. The molecule has 0 aliphatic carbocycles. The third-order valence-electron chi connectivity index (χ3n) is 3.63. The van der Waals surface area contributed by atoms with Gasteiger partial charge in [-0.2, -0.15) is 5.10 Å². The molecule has 0 unspecified atom stereocenters. The van der Waals surface area contributed by atoms with Crippen molar-refractivity contribution in [2.24, 2.45) is 5.10 Å². The van der Waals surface area contributed by atoms with Crippen molar-refractivity contribution in [3.05, 3.63) is 53.6 Å². The van der Waals surface area contributed by atoms with Crippen LogP contribution >= 0.6 is 0 Å². The maximum Gasteiger partial charge on any atom is 0.251 e. The van der Waals surface area contributed by atoms with Gasteiger partial charge in [0.1, 0.15) is 5.75 Å². The normalized spacial score (nSPS) is 10.4. The molecular formula is C19H21N3O5. The number of phenolic OH excluding ortho intramolecular Hbond substituents is 1. The van der Waals surface area contributed by atoms with E-state index in [1.807, 2.05) is 0 Å². The SMILES string of the molecule is COc1ccc(C(=O)NCCC(=O)NN=Cc2cccc(OC)c2O)cc1. The number of aromatic hydroxyl groups is 1. The van der Waals surface area contributed by atoms with Crippen molar-refractivity contribution < 1.29 is 24.2 Å². The van der Waals surface area contributed by atoms with Crippen molar-refractivity contribution >= 4 is 18.0 Å². The summed E-state index contributed by atoms with van der Waals surface area (Å²) in [5, 5.41) is 16.4. The number of ether oxygens (including phenoxy) is 2. The molecule has 0 bridgehead atoms. The molecule has 0 fully saturated rings. The Morgan fingerprint density at radius 2 is 1.85 bits per heavy atom. The average Bonchev–Trinajstić information content (AvgIpc) is 2.69. The fourth-order valence-corrected chi connectivity index (χ4v) is 2.17. The van der Waals surface area contributed by atoms with E-state index >= 15 is 0 Å². The largest absolute Gasteiger partial charge is 0.504 e. The lowest BCUT2D eigenvalue weighted by molar-refractivity contribution is -0.120. The van der Waals surface area contributed by atoms with Crippen molar-refractivity contribution in [2.45, 2.75) is 6.42 Å². The zero-order valence-electron chi connectivity index (χ0n) is 15.1. The van der Waals surface area contributed by atoms with Crippen LogP contribution in [0.3, 0.4) is 0 Å². The number of carbonyl (C=O) groups is 2. The molecule has 27 heavy (non-hydrogen) atoms. The highest BCUT2D eigenvalue weighted by Gasteiger charge is 2.07. The molecule has 0 spiro atoms. The van der Waals surface area contributed by atoms with Crippen LogP contribution in [0.5, 0.6) is 17.2 Å². The summed E-state index contributed by atoms with van der Waals surface area (Å²) in [5.41, 5.74) is 3.21. The predicted octanol–water partition coefficient (Wildman–Crippen LogP) is 1.68. The van der Waals surface area contributed by atoms with Crippen LogP contribution in [0.25, 0.3) is 0 Å². The van der Waals surface area contributed by atoms with Gasteiger partial charge in [-0.15, -0.1) is 0 Å². The molecule has 8 heteroatoms. The summed E-state index contributed by atoms with van der Waals surface area (Å²) in [5.74, 6) is 0.251. The molecule has 0 aliphatic heterocycles. The second-order valence-corrected chi connectivity index (χ2v) is 5.43. The summed E-state index contributed by atoms with van der Waals surface area (Å²) in [6.45, 7) is 0.163. The molecule has 2 rings (SSSR count). The van der Waals surface area contributed by atoms with Gasteiger partial charge in [0.15, 0.2) is 11.5 Å². The van der Waals surface area contributed by atoms with E-state index in [-0.39, 0.29) is 30.5 Å². The topological polar surface area (TPSA) is 109 Å². The third-order valence-corrected chi connectivity index (χ3v) is 3.63. The highest BCUT2D eigenvalue weighted by atomic mass is 16.5. The summed E-state index contributed by atoms with van der Waals surface area (Å²) in [4.78, 5) is 23.7. The Balaban J connectivity index is 1.76. The van der Waals surface area contributed by atoms with Gasteiger partial charge in [-0.3, -0.25) is 9.59 Å². The van der Waals surface area contributed by atoms with Crippen LogP contribution < -0.4 is 20.2 Å². The van der Waals surface area contributed by atoms with E-state index in [9.17, 15) is 14.7 Å². The number of phenols is 1. The average molecular weight is 371 g/mol. The quantitative estimate of drug-likeness (QED) is 0.483. The molecule has 2 aromatic carbocycles. The number of benzene rings is 2. The fourth-order valence-electron chi connectivity index (χ4n) is 2.17. The number of hydrazone groups is 1. The number of hydrogen-bond donors (Lipinski definition) is 3. The van der Waals surface area contributed by atoms with Crippen molar-refractivity contribution in [2.75, 3.05) is 20.8 Å². The zero-order valence-corrected chi connectivity index (χ0v) is 15.1. The number of rotatable bonds is 8. The molecular weight excluding hydrogens is 350 g/mol. The molecule has 0 radical (unpaired) electrons. The number of para-hydroxylation sites is 1. The third kappa shape index (κ3) is 5.74. The maximum atomic E-state index is 12.0. The smallest absolute Gasteiger partial charge is 0.251 e. The Labute approximate surface area is 156 Å². The van der Waals surface area contributed by atoms with Gasteiger partial charge in [-0.25, -0.2) is 5.43 Å². The van der Waals surface area contributed by atoms with Gasteiger partial charge in [-0.05, 0) is 36.4 Å². The van der Waals surface area contributed by atoms with Gasteiger partial charge in [0.25, 0.3) is 5.91 Å². The van der Waals surface area contributed by atoms with Crippen LogP contribution in [0.1, 0.15) is 22.3 Å². The first-order valence-corrected chi connectivity index (χ1v) is 8.15. The van der Waals surface area contributed by atoms with Gasteiger partial charge in [-0.1, -0.05) is 6.07 Å². The number of hydrogen-bond acceptors (Lipinski definition) is 6. The van der Waals surface area contributed by atoms with Crippen molar-refractivity contribution in [3.8, 4) is 17.2 Å². The summed E-state index contributed by atoms with van der Waals surface area (Å²) in [6, 6.07) is 11.6. The van der Waals surface area contributed by atoms with Crippen LogP contribution in [0.4, 0.5) is 0 Å². The fraction of sp³-hybridized carbons (Fsp3) is 0.211. The highest BCUT2D eigenvalue weighted by molar-refractivity contribution is 5.94. The number of amides is 2. The first-order valence-electron chi connectivity index (χ1n) is 8.15. The number of methoxy groups -OCH3 is 2. The van der Waals surface area contributed by atoms with E-state index in [0.29, 0.717) is 22.6 Å². The molecule has 0 aliphatic rings. The van der Waals surface area contributed by atoms with E-state index in [2.05, 4.69) is 15.8 Å². The first-order chi connectivity index (χ1) is 13.0. The van der Waals surface area contributed by atoms with Gasteiger partial charge in [0.05, 0.1) is 20.4 Å². The van der Waals surface area contributed by atoms with Crippen LogP contribution in [0.15, 0.2) is 47.6 Å². The second kappa shape index (κ2) is 9.81. The molecule has 0 heterocycles. The zero-order chi connectivity index (χ0) is 19.6. The van der Waals surface area contributed by atoms with Crippen LogP contribution in [-0.2, 0) is 4.79 Å². The number of nitrogens with zero attached hydrogens (tertiary/aromatic N) is 1. The van der Waals surface area contributed by atoms with E-state index in [1.54, 1.807) is 49.6 Å².